The maximum Gasteiger partial charge on any atom is 0.191 e. The summed E-state index contributed by atoms with van der Waals surface area (Å²) in [6, 6.07) is 6.24. The molecule has 0 bridgehead atoms. The minimum Gasteiger partial charge on any atom is -0.491 e. The highest BCUT2D eigenvalue weighted by Crippen LogP contribution is 2.20. The van der Waals surface area contributed by atoms with Gasteiger partial charge in [0.15, 0.2) is 5.96 Å². The predicted molar refractivity (Wildman–Crippen MR) is 105 cm³/mol. The Kier molecular flexibility index (Phi) is 10.7. The molecule has 0 saturated carbocycles. The molecule has 0 aliphatic carbocycles. The number of nitrogens with zero attached hydrogens (tertiary/aromatic N) is 2. The second kappa shape index (κ2) is 12.6. The van der Waals surface area contributed by atoms with Gasteiger partial charge >= 0.3 is 0 Å². The van der Waals surface area contributed by atoms with E-state index in [1.807, 2.05) is 0 Å². The lowest BCUT2D eigenvalue weighted by Gasteiger charge is -2.19. The van der Waals surface area contributed by atoms with Gasteiger partial charge in [0.05, 0.1) is 6.61 Å². The fourth-order valence-electron chi connectivity index (χ4n) is 2.45. The molecule has 1 aromatic rings. The molecule has 0 amide bonds. The fraction of sp³-hybridized carbons (Fsp3) is 0.632. The Labute approximate surface area is 152 Å². The molecule has 0 aliphatic heterocycles. The lowest BCUT2D eigenvalue weighted by Crippen LogP contribution is -2.41. The lowest BCUT2D eigenvalue weighted by molar-refractivity contribution is 0.145. The number of hydrogen-bond acceptors (Lipinski definition) is 4. The van der Waals surface area contributed by atoms with Crippen LogP contribution in [0.3, 0.4) is 0 Å². The smallest absolute Gasteiger partial charge is 0.191 e. The minimum absolute atomic E-state index is 0.545. The third-order valence-electron chi connectivity index (χ3n) is 4.05. The molecule has 2 N–H and O–H groups in total. The van der Waals surface area contributed by atoms with E-state index in [0.29, 0.717) is 19.8 Å². The van der Waals surface area contributed by atoms with E-state index in [9.17, 15) is 0 Å². The number of hydrogen-bond donors (Lipinski definition) is 2. The summed E-state index contributed by atoms with van der Waals surface area (Å²) in [6.07, 6.45) is 0. The monoisotopic (exact) mass is 350 g/mol. The maximum absolute atomic E-state index is 5.83. The van der Waals surface area contributed by atoms with Crippen molar-refractivity contribution in [3.63, 3.8) is 0 Å². The van der Waals surface area contributed by atoms with Crippen LogP contribution in [-0.2, 0) is 11.3 Å². The van der Waals surface area contributed by atoms with E-state index >= 15 is 0 Å². The van der Waals surface area contributed by atoms with Crippen molar-refractivity contribution in [3.8, 4) is 5.75 Å². The van der Waals surface area contributed by atoms with Gasteiger partial charge in [-0.1, -0.05) is 26.0 Å². The zero-order valence-corrected chi connectivity index (χ0v) is 16.4. The van der Waals surface area contributed by atoms with E-state index in [2.05, 4.69) is 59.5 Å². The zero-order chi connectivity index (χ0) is 18.5. The summed E-state index contributed by atoms with van der Waals surface area (Å²) in [5.41, 5.74) is 2.28. The average molecular weight is 351 g/mol. The Morgan fingerprint density at radius 1 is 1.16 bits per heavy atom. The molecule has 25 heavy (non-hydrogen) atoms. The van der Waals surface area contributed by atoms with E-state index in [1.54, 1.807) is 14.2 Å². The van der Waals surface area contributed by atoms with Crippen molar-refractivity contribution >= 4 is 5.96 Å². The van der Waals surface area contributed by atoms with Crippen LogP contribution in [-0.4, -0.2) is 64.4 Å². The number of aryl methyl sites for hydroxylation is 1. The summed E-state index contributed by atoms with van der Waals surface area (Å²) in [4.78, 5) is 6.67. The van der Waals surface area contributed by atoms with E-state index in [4.69, 9.17) is 9.47 Å². The van der Waals surface area contributed by atoms with E-state index < -0.39 is 0 Å². The van der Waals surface area contributed by atoms with Crippen LogP contribution in [0.2, 0.25) is 0 Å². The van der Waals surface area contributed by atoms with Gasteiger partial charge in [-0.05, 0) is 31.6 Å². The number of methoxy groups -OCH3 is 1. The van der Waals surface area contributed by atoms with Gasteiger partial charge in [-0.2, -0.15) is 0 Å². The van der Waals surface area contributed by atoms with Gasteiger partial charge in [0.25, 0.3) is 0 Å². The molecule has 6 heteroatoms. The van der Waals surface area contributed by atoms with E-state index in [-0.39, 0.29) is 0 Å². The molecule has 1 aromatic carbocycles. The Hall–Kier alpha value is -1.79. The molecular weight excluding hydrogens is 316 g/mol. The first-order valence-electron chi connectivity index (χ1n) is 9.02. The van der Waals surface area contributed by atoms with Crippen molar-refractivity contribution in [2.24, 2.45) is 4.99 Å². The largest absolute Gasteiger partial charge is 0.491 e. The topological polar surface area (TPSA) is 58.1 Å². The molecule has 0 spiro atoms. The Balaban J connectivity index is 2.54. The molecule has 0 atom stereocenters. The van der Waals surface area contributed by atoms with Crippen molar-refractivity contribution in [3.05, 3.63) is 29.3 Å². The van der Waals surface area contributed by atoms with Crippen LogP contribution in [0.25, 0.3) is 0 Å². The number of likely N-dealkylation sites (N-methyl/N-ethyl adjacent to an activating group) is 1. The average Bonchev–Trinajstić information content (AvgIpc) is 2.63. The van der Waals surface area contributed by atoms with E-state index in [1.165, 1.54) is 5.56 Å². The molecule has 6 nitrogen and oxygen atoms in total. The van der Waals surface area contributed by atoms with Crippen molar-refractivity contribution < 1.29 is 9.47 Å². The van der Waals surface area contributed by atoms with Crippen LogP contribution < -0.4 is 15.4 Å². The van der Waals surface area contributed by atoms with Gasteiger partial charge < -0.3 is 25.0 Å². The van der Waals surface area contributed by atoms with Gasteiger partial charge in [0.2, 0.25) is 0 Å². The first kappa shape index (κ1) is 21.3. The summed E-state index contributed by atoms with van der Waals surface area (Å²) >= 11 is 0. The highest BCUT2D eigenvalue weighted by molar-refractivity contribution is 5.79. The van der Waals surface area contributed by atoms with Gasteiger partial charge in [-0.15, -0.1) is 0 Å². The number of aliphatic imine (C=N–C) groups is 1. The molecule has 0 heterocycles. The van der Waals surface area contributed by atoms with Crippen LogP contribution >= 0.6 is 0 Å². The molecule has 142 valence electrons. The maximum atomic E-state index is 5.83. The van der Waals surface area contributed by atoms with Crippen LogP contribution in [0.4, 0.5) is 0 Å². The van der Waals surface area contributed by atoms with Gasteiger partial charge in [-0.25, -0.2) is 0 Å². The highest BCUT2D eigenvalue weighted by Gasteiger charge is 2.06. The third kappa shape index (κ3) is 8.23. The SMILES string of the molecule is CCN(CC)CCNC(=NC)NCc1ccc(C)cc1OCCOC. The lowest BCUT2D eigenvalue weighted by atomic mass is 10.1. The second-order valence-corrected chi connectivity index (χ2v) is 5.83. The van der Waals surface area contributed by atoms with Crippen molar-refractivity contribution in [2.75, 3.05) is 53.6 Å². The van der Waals surface area contributed by atoms with Crippen LogP contribution in [0.1, 0.15) is 25.0 Å². The summed E-state index contributed by atoms with van der Waals surface area (Å²) in [5.74, 6) is 1.69. The minimum atomic E-state index is 0.545. The quantitative estimate of drug-likeness (QED) is 0.363. The molecule has 0 unspecified atom stereocenters. The van der Waals surface area contributed by atoms with Gasteiger partial charge in [0.1, 0.15) is 12.4 Å². The normalized spacial score (nSPS) is 11.7. The molecule has 1 rings (SSSR count). The molecule has 0 fully saturated rings. The van der Waals surface area contributed by atoms with Crippen LogP contribution in [0.15, 0.2) is 23.2 Å². The number of benzene rings is 1. The highest BCUT2D eigenvalue weighted by atomic mass is 16.5. The van der Waals surface area contributed by atoms with E-state index in [0.717, 1.165) is 43.5 Å². The molecule has 0 saturated heterocycles. The Bertz CT molecular complexity index is 516. The Morgan fingerprint density at radius 2 is 1.92 bits per heavy atom. The van der Waals surface area contributed by atoms with Crippen LogP contribution in [0, 0.1) is 6.92 Å². The summed E-state index contributed by atoms with van der Waals surface area (Å²) in [5, 5.41) is 6.71. The zero-order valence-electron chi connectivity index (χ0n) is 16.4. The van der Waals surface area contributed by atoms with Crippen molar-refractivity contribution in [2.45, 2.75) is 27.3 Å². The Morgan fingerprint density at radius 3 is 2.56 bits per heavy atom. The number of ether oxygens (including phenoxy) is 2. The molecule has 0 radical (unpaired) electrons. The summed E-state index contributed by atoms with van der Waals surface area (Å²) < 4.78 is 10.9. The fourth-order valence-corrected chi connectivity index (χ4v) is 2.45. The third-order valence-corrected chi connectivity index (χ3v) is 4.05. The molecular formula is C19H34N4O2. The predicted octanol–water partition coefficient (Wildman–Crippen LogP) is 2.03. The van der Waals surface area contributed by atoms with Gasteiger partial charge in [-0.3, -0.25) is 4.99 Å². The standard InChI is InChI=1S/C19H34N4O2/c1-6-23(7-2)11-10-21-19(20-4)22-15-17-9-8-16(3)14-18(17)25-13-12-24-5/h8-9,14H,6-7,10-13,15H2,1-5H3,(H2,20,21,22). The summed E-state index contributed by atoms with van der Waals surface area (Å²) in [7, 11) is 3.47. The second-order valence-electron chi connectivity index (χ2n) is 5.83. The van der Waals surface area contributed by atoms with Crippen molar-refractivity contribution in [1.82, 2.24) is 15.5 Å². The molecule has 0 aliphatic rings. The number of nitrogens with one attached hydrogen (secondary N) is 2. The molecule has 0 aromatic heterocycles. The first-order chi connectivity index (χ1) is 12.1. The number of rotatable bonds is 11. The van der Waals surface area contributed by atoms with Gasteiger partial charge in [0, 0.05) is 39.4 Å². The number of guanidine groups is 1. The summed E-state index contributed by atoms with van der Waals surface area (Å²) in [6.45, 7) is 12.2. The van der Waals surface area contributed by atoms with Crippen LogP contribution in [0.5, 0.6) is 5.75 Å². The first-order valence-corrected chi connectivity index (χ1v) is 9.02. The van der Waals surface area contributed by atoms with Crippen molar-refractivity contribution in [1.29, 1.82) is 0 Å².